The number of rotatable bonds is 5. The van der Waals surface area contributed by atoms with Crippen molar-refractivity contribution in [1.82, 2.24) is 5.32 Å². The van der Waals surface area contributed by atoms with Crippen molar-refractivity contribution in [2.75, 3.05) is 5.88 Å². The third-order valence-electron chi connectivity index (χ3n) is 2.16. The van der Waals surface area contributed by atoms with E-state index in [-0.39, 0.29) is 12.1 Å². The van der Waals surface area contributed by atoms with Gasteiger partial charge in [-0.3, -0.25) is 5.32 Å². The van der Waals surface area contributed by atoms with Crippen LogP contribution in [-0.4, -0.2) is 18.0 Å². The number of hydrogen-bond donors (Lipinski definition) is 1. The average Bonchev–Trinajstić information content (AvgIpc) is 2.29. The van der Waals surface area contributed by atoms with Gasteiger partial charge in [0, 0.05) is 18.3 Å². The van der Waals surface area contributed by atoms with Crippen molar-refractivity contribution in [3.8, 4) is 6.07 Å². The molecule has 1 rings (SSSR count). The summed E-state index contributed by atoms with van der Waals surface area (Å²) in [7, 11) is 0. The number of hydrogen-bond acceptors (Lipinski definition) is 2. The van der Waals surface area contributed by atoms with Gasteiger partial charge < -0.3 is 0 Å². The van der Waals surface area contributed by atoms with Crippen LogP contribution in [0.15, 0.2) is 30.3 Å². The van der Waals surface area contributed by atoms with Crippen LogP contribution in [0.2, 0.25) is 0 Å². The normalized spacial score (nSPS) is 14.2. The Morgan fingerprint density at radius 3 is 2.60 bits per heavy atom. The van der Waals surface area contributed by atoms with Crippen LogP contribution in [0, 0.1) is 11.3 Å². The lowest BCUT2D eigenvalue weighted by molar-refractivity contribution is 0.531. The van der Waals surface area contributed by atoms with Crippen LogP contribution in [0.25, 0.3) is 0 Å². The fourth-order valence-corrected chi connectivity index (χ4v) is 1.47. The predicted molar refractivity (Wildman–Crippen MR) is 62.9 cm³/mol. The van der Waals surface area contributed by atoms with E-state index in [1.165, 1.54) is 5.56 Å². The molecule has 3 heteroatoms. The van der Waals surface area contributed by atoms with E-state index < -0.39 is 0 Å². The summed E-state index contributed by atoms with van der Waals surface area (Å²) < 4.78 is 0. The lowest BCUT2D eigenvalue weighted by atomic mass is 10.1. The molecule has 0 spiro atoms. The van der Waals surface area contributed by atoms with Gasteiger partial charge in [0.25, 0.3) is 0 Å². The highest BCUT2D eigenvalue weighted by molar-refractivity contribution is 6.18. The van der Waals surface area contributed by atoms with E-state index in [0.29, 0.717) is 5.88 Å². The maximum absolute atomic E-state index is 8.98. The molecule has 0 bridgehead atoms. The van der Waals surface area contributed by atoms with E-state index in [2.05, 4.69) is 11.4 Å². The number of halogens is 1. The first-order valence-electron chi connectivity index (χ1n) is 5.01. The van der Waals surface area contributed by atoms with Crippen LogP contribution in [0.1, 0.15) is 12.5 Å². The fraction of sp³-hybridized carbons (Fsp3) is 0.417. The van der Waals surface area contributed by atoms with Gasteiger partial charge in [0.15, 0.2) is 0 Å². The summed E-state index contributed by atoms with van der Waals surface area (Å²) in [4.78, 5) is 0. The largest absolute Gasteiger partial charge is 0.298 e. The second kappa shape index (κ2) is 6.44. The van der Waals surface area contributed by atoms with Gasteiger partial charge in [0.1, 0.15) is 0 Å². The maximum Gasteiger partial charge on any atom is 0.0996 e. The second-order valence-corrected chi connectivity index (χ2v) is 3.90. The Hall–Kier alpha value is -1.04. The van der Waals surface area contributed by atoms with Gasteiger partial charge in [0.05, 0.1) is 12.1 Å². The van der Waals surface area contributed by atoms with Crippen LogP contribution < -0.4 is 5.32 Å². The Kier molecular flexibility index (Phi) is 5.17. The van der Waals surface area contributed by atoms with E-state index in [0.717, 1.165) is 6.42 Å². The quantitative estimate of drug-likeness (QED) is 0.777. The van der Waals surface area contributed by atoms with E-state index in [1.807, 2.05) is 37.3 Å². The van der Waals surface area contributed by atoms with Gasteiger partial charge >= 0.3 is 0 Å². The van der Waals surface area contributed by atoms with Gasteiger partial charge in [-0.1, -0.05) is 30.3 Å². The number of nitriles is 1. The summed E-state index contributed by atoms with van der Waals surface area (Å²) in [5.41, 5.74) is 1.17. The molecule has 1 aromatic carbocycles. The van der Waals surface area contributed by atoms with Crippen molar-refractivity contribution >= 4 is 11.6 Å². The molecule has 2 unspecified atom stereocenters. The minimum Gasteiger partial charge on any atom is -0.298 e. The highest BCUT2D eigenvalue weighted by Crippen LogP contribution is 2.03. The maximum atomic E-state index is 8.98. The molecule has 80 valence electrons. The fourth-order valence-electron chi connectivity index (χ4n) is 1.38. The molecule has 0 amide bonds. The minimum atomic E-state index is -0.166. The second-order valence-electron chi connectivity index (χ2n) is 3.59. The summed E-state index contributed by atoms with van der Waals surface area (Å²) in [5, 5.41) is 12.1. The van der Waals surface area contributed by atoms with Gasteiger partial charge in [-0.25, -0.2) is 0 Å². The molecule has 2 atom stereocenters. The molecule has 2 nitrogen and oxygen atoms in total. The van der Waals surface area contributed by atoms with Crippen LogP contribution in [0.5, 0.6) is 0 Å². The topological polar surface area (TPSA) is 35.8 Å². The zero-order valence-electron chi connectivity index (χ0n) is 8.78. The number of alkyl halides is 1. The predicted octanol–water partition coefficient (Wildman–Crippen LogP) is 2.34. The van der Waals surface area contributed by atoms with E-state index in [4.69, 9.17) is 16.9 Å². The molecule has 0 aromatic heterocycles. The van der Waals surface area contributed by atoms with Crippen molar-refractivity contribution in [2.45, 2.75) is 25.4 Å². The first-order chi connectivity index (χ1) is 7.26. The Labute approximate surface area is 95.9 Å². The third kappa shape index (κ3) is 4.33. The number of benzene rings is 1. The van der Waals surface area contributed by atoms with E-state index >= 15 is 0 Å². The SMILES string of the molecule is CC(CCl)NC(C#N)Cc1ccccc1. The Morgan fingerprint density at radius 2 is 2.07 bits per heavy atom. The zero-order chi connectivity index (χ0) is 11.1. The van der Waals surface area contributed by atoms with Crippen molar-refractivity contribution in [2.24, 2.45) is 0 Å². The Balaban J connectivity index is 2.52. The van der Waals surface area contributed by atoms with Crippen LogP contribution in [0.4, 0.5) is 0 Å². The van der Waals surface area contributed by atoms with Gasteiger partial charge in [0.2, 0.25) is 0 Å². The summed E-state index contributed by atoms with van der Waals surface area (Å²) in [6.07, 6.45) is 0.721. The van der Waals surface area contributed by atoms with E-state index in [1.54, 1.807) is 0 Å². The van der Waals surface area contributed by atoms with E-state index in [9.17, 15) is 0 Å². The lowest BCUT2D eigenvalue weighted by Gasteiger charge is -2.15. The molecule has 1 aromatic rings. The molecule has 0 fully saturated rings. The number of nitrogens with zero attached hydrogens (tertiary/aromatic N) is 1. The average molecular weight is 223 g/mol. The molecule has 15 heavy (non-hydrogen) atoms. The molecule has 1 N–H and O–H groups in total. The van der Waals surface area contributed by atoms with Gasteiger partial charge in [-0.15, -0.1) is 11.6 Å². The lowest BCUT2D eigenvalue weighted by Crippen LogP contribution is -2.38. The van der Waals surface area contributed by atoms with Crippen molar-refractivity contribution in [3.63, 3.8) is 0 Å². The monoisotopic (exact) mass is 222 g/mol. The molecule has 0 aliphatic carbocycles. The van der Waals surface area contributed by atoms with Crippen LogP contribution in [0.3, 0.4) is 0 Å². The standard InChI is InChI=1S/C12H15ClN2/c1-10(8-13)15-12(9-14)7-11-5-3-2-4-6-11/h2-6,10,12,15H,7-8H2,1H3. The van der Waals surface area contributed by atoms with Gasteiger partial charge in [-0.05, 0) is 12.5 Å². The summed E-state index contributed by atoms with van der Waals surface area (Å²) >= 11 is 5.68. The first kappa shape index (κ1) is 12.0. The first-order valence-corrected chi connectivity index (χ1v) is 5.55. The molecule has 0 radical (unpaired) electrons. The summed E-state index contributed by atoms with van der Waals surface area (Å²) in [6, 6.07) is 12.2. The highest BCUT2D eigenvalue weighted by atomic mass is 35.5. The van der Waals surface area contributed by atoms with Crippen LogP contribution in [-0.2, 0) is 6.42 Å². The third-order valence-corrected chi connectivity index (χ3v) is 2.62. The smallest absolute Gasteiger partial charge is 0.0996 e. The number of nitrogens with one attached hydrogen (secondary N) is 1. The molecule has 0 aliphatic heterocycles. The molecule has 0 aliphatic rings. The van der Waals surface area contributed by atoms with Crippen molar-refractivity contribution in [1.29, 1.82) is 5.26 Å². The van der Waals surface area contributed by atoms with Crippen molar-refractivity contribution in [3.05, 3.63) is 35.9 Å². The van der Waals surface area contributed by atoms with Gasteiger partial charge in [-0.2, -0.15) is 5.26 Å². The highest BCUT2D eigenvalue weighted by Gasteiger charge is 2.10. The molecular weight excluding hydrogens is 208 g/mol. The van der Waals surface area contributed by atoms with Crippen molar-refractivity contribution < 1.29 is 0 Å². The van der Waals surface area contributed by atoms with Crippen LogP contribution >= 0.6 is 11.6 Å². The molecule has 0 saturated carbocycles. The summed E-state index contributed by atoms with van der Waals surface area (Å²) in [6.45, 7) is 1.97. The molecule has 0 saturated heterocycles. The zero-order valence-corrected chi connectivity index (χ0v) is 9.54. The molecular formula is C12H15ClN2. The molecule has 0 heterocycles. The minimum absolute atomic E-state index is 0.166. The summed E-state index contributed by atoms with van der Waals surface area (Å²) in [5.74, 6) is 0.521. The Bertz CT molecular complexity index is 318. The Morgan fingerprint density at radius 1 is 1.40 bits per heavy atom.